The Kier molecular flexibility index (Phi) is 4.05. The molecule has 0 fully saturated rings. The molecule has 1 N–H and O–H groups in total. The summed E-state index contributed by atoms with van der Waals surface area (Å²) in [5, 5.41) is 2.93. The van der Waals surface area contributed by atoms with Crippen molar-refractivity contribution >= 4 is 11.4 Å². The summed E-state index contributed by atoms with van der Waals surface area (Å²) >= 11 is 0. The lowest BCUT2D eigenvalue weighted by atomic mass is 10.1. The molecule has 0 saturated carbocycles. The highest BCUT2D eigenvalue weighted by Gasteiger charge is 2.06. The number of aromatic nitrogens is 2. The van der Waals surface area contributed by atoms with Gasteiger partial charge in [0.05, 0.1) is 25.2 Å². The zero-order valence-corrected chi connectivity index (χ0v) is 12.3. The van der Waals surface area contributed by atoms with Crippen molar-refractivity contribution in [2.75, 3.05) is 13.7 Å². The molecule has 0 unspecified atom stereocenters. The number of benzene rings is 1. The number of nitrogens with one attached hydrogen (secondary N) is 1. The molecule has 5 nitrogen and oxygen atoms in total. The van der Waals surface area contributed by atoms with E-state index in [-0.39, 0.29) is 5.91 Å². The number of rotatable bonds is 5. The highest BCUT2D eigenvalue weighted by atomic mass is 16.5. The smallest absolute Gasteiger partial charge is 0.251 e. The summed E-state index contributed by atoms with van der Waals surface area (Å²) in [5.41, 5.74) is 2.67. The quantitative estimate of drug-likeness (QED) is 0.786. The molecule has 0 aliphatic heterocycles. The fourth-order valence-corrected chi connectivity index (χ4v) is 2.31. The van der Waals surface area contributed by atoms with Crippen LogP contribution >= 0.6 is 0 Å². The van der Waals surface area contributed by atoms with Crippen molar-refractivity contribution in [3.63, 3.8) is 0 Å². The maximum Gasteiger partial charge on any atom is 0.251 e. The first-order valence-corrected chi connectivity index (χ1v) is 7.09. The number of carbonyl (C=O) groups excluding carboxylic acids is 1. The maximum atomic E-state index is 12.2. The Hall–Kier alpha value is -2.82. The third-order valence-corrected chi connectivity index (χ3v) is 3.51. The van der Waals surface area contributed by atoms with Gasteiger partial charge in [-0.05, 0) is 36.2 Å². The Balaban J connectivity index is 1.59. The molecule has 2 aromatic heterocycles. The Morgan fingerprint density at radius 3 is 3.09 bits per heavy atom. The SMILES string of the molecule is COc1cccc(CCNC(=O)c2ccn3cncc3c2)c1. The van der Waals surface area contributed by atoms with Crippen molar-refractivity contribution in [1.82, 2.24) is 14.7 Å². The van der Waals surface area contributed by atoms with Gasteiger partial charge in [-0.2, -0.15) is 0 Å². The molecule has 0 radical (unpaired) electrons. The molecule has 3 aromatic rings. The number of carbonyl (C=O) groups is 1. The van der Waals surface area contributed by atoms with Crippen molar-refractivity contribution in [1.29, 1.82) is 0 Å². The molecule has 0 atom stereocenters. The minimum Gasteiger partial charge on any atom is -0.497 e. The minimum atomic E-state index is -0.0772. The van der Waals surface area contributed by atoms with Crippen LogP contribution in [0.1, 0.15) is 15.9 Å². The lowest BCUT2D eigenvalue weighted by Gasteiger charge is -2.07. The van der Waals surface area contributed by atoms with Crippen molar-refractivity contribution in [3.05, 3.63) is 66.2 Å². The number of amides is 1. The summed E-state index contributed by atoms with van der Waals surface area (Å²) in [7, 11) is 1.65. The Morgan fingerprint density at radius 1 is 1.32 bits per heavy atom. The van der Waals surface area contributed by atoms with Crippen molar-refractivity contribution in [3.8, 4) is 5.75 Å². The molecular formula is C17H17N3O2. The van der Waals surface area contributed by atoms with Crippen LogP contribution in [0.4, 0.5) is 0 Å². The molecule has 0 aliphatic carbocycles. The number of nitrogens with zero attached hydrogens (tertiary/aromatic N) is 2. The standard InChI is InChI=1S/C17H17N3O2/c1-22-16-4-2-3-13(9-16)5-7-19-17(21)14-6-8-20-12-18-11-15(20)10-14/h2-4,6,8-12H,5,7H2,1H3,(H,19,21). The van der Waals surface area contributed by atoms with Gasteiger partial charge in [0, 0.05) is 18.3 Å². The van der Waals surface area contributed by atoms with Gasteiger partial charge in [-0.15, -0.1) is 0 Å². The predicted octanol–water partition coefficient (Wildman–Crippen LogP) is 2.32. The molecule has 0 spiro atoms. The highest BCUT2D eigenvalue weighted by Crippen LogP contribution is 2.12. The summed E-state index contributed by atoms with van der Waals surface area (Å²) in [6, 6.07) is 11.5. The van der Waals surface area contributed by atoms with Crippen LogP contribution in [0.15, 0.2) is 55.1 Å². The monoisotopic (exact) mass is 295 g/mol. The van der Waals surface area contributed by atoms with E-state index in [2.05, 4.69) is 10.3 Å². The molecule has 0 saturated heterocycles. The van der Waals surface area contributed by atoms with E-state index in [1.165, 1.54) is 0 Å². The van der Waals surface area contributed by atoms with Crippen LogP contribution < -0.4 is 10.1 Å². The number of imidazole rings is 1. The van der Waals surface area contributed by atoms with E-state index in [4.69, 9.17) is 4.74 Å². The number of methoxy groups -OCH3 is 1. The van der Waals surface area contributed by atoms with Crippen molar-refractivity contribution < 1.29 is 9.53 Å². The van der Waals surface area contributed by atoms with Gasteiger partial charge in [0.2, 0.25) is 0 Å². The molecule has 0 aliphatic rings. The zero-order chi connectivity index (χ0) is 15.4. The highest BCUT2D eigenvalue weighted by molar-refractivity contribution is 5.95. The second kappa shape index (κ2) is 6.30. The van der Waals surface area contributed by atoms with Crippen molar-refractivity contribution in [2.45, 2.75) is 6.42 Å². The largest absolute Gasteiger partial charge is 0.497 e. The lowest BCUT2D eigenvalue weighted by molar-refractivity contribution is 0.0954. The molecule has 22 heavy (non-hydrogen) atoms. The number of pyridine rings is 1. The average Bonchev–Trinajstić information content (AvgIpc) is 3.02. The maximum absolute atomic E-state index is 12.2. The van der Waals surface area contributed by atoms with Gasteiger partial charge >= 0.3 is 0 Å². The molecule has 0 bridgehead atoms. The number of hydrogen-bond acceptors (Lipinski definition) is 3. The van der Waals surface area contributed by atoms with E-state index in [9.17, 15) is 4.79 Å². The average molecular weight is 295 g/mol. The van der Waals surface area contributed by atoms with Crippen LogP contribution in [0.25, 0.3) is 5.52 Å². The van der Waals surface area contributed by atoms with E-state index < -0.39 is 0 Å². The summed E-state index contributed by atoms with van der Waals surface area (Å²) < 4.78 is 7.06. The van der Waals surface area contributed by atoms with E-state index in [0.29, 0.717) is 12.1 Å². The first-order chi connectivity index (χ1) is 10.8. The fourth-order valence-electron chi connectivity index (χ4n) is 2.31. The minimum absolute atomic E-state index is 0.0772. The van der Waals surface area contributed by atoms with Crippen LogP contribution in [0.5, 0.6) is 5.75 Å². The summed E-state index contributed by atoms with van der Waals surface area (Å²) in [6.07, 6.45) is 6.03. The molecule has 3 rings (SSSR count). The van der Waals surface area contributed by atoms with Gasteiger partial charge in [-0.1, -0.05) is 12.1 Å². The van der Waals surface area contributed by atoms with Gasteiger partial charge in [0.25, 0.3) is 5.91 Å². The van der Waals surface area contributed by atoms with Gasteiger partial charge in [-0.25, -0.2) is 4.98 Å². The molecular weight excluding hydrogens is 278 g/mol. The third-order valence-electron chi connectivity index (χ3n) is 3.51. The van der Waals surface area contributed by atoms with Crippen LogP contribution in [0.3, 0.4) is 0 Å². The van der Waals surface area contributed by atoms with E-state index in [1.807, 2.05) is 40.9 Å². The summed E-state index contributed by atoms with van der Waals surface area (Å²) in [6.45, 7) is 0.580. The van der Waals surface area contributed by atoms with Gasteiger partial charge in [-0.3, -0.25) is 4.79 Å². The Labute approximate surface area is 128 Å². The molecule has 1 aromatic carbocycles. The number of ether oxygens (including phenoxy) is 1. The number of hydrogen-bond donors (Lipinski definition) is 1. The summed E-state index contributed by atoms with van der Waals surface area (Å²) in [5.74, 6) is 0.751. The molecule has 112 valence electrons. The third kappa shape index (κ3) is 3.09. The van der Waals surface area contributed by atoms with Gasteiger partial charge in [0.1, 0.15) is 5.75 Å². The Morgan fingerprint density at radius 2 is 2.23 bits per heavy atom. The van der Waals surface area contributed by atoms with Gasteiger partial charge in [0.15, 0.2) is 0 Å². The lowest BCUT2D eigenvalue weighted by Crippen LogP contribution is -2.25. The van der Waals surface area contributed by atoms with E-state index in [0.717, 1.165) is 23.3 Å². The summed E-state index contributed by atoms with van der Waals surface area (Å²) in [4.78, 5) is 16.2. The van der Waals surface area contributed by atoms with Crippen LogP contribution in [0.2, 0.25) is 0 Å². The fraction of sp³-hybridized carbons (Fsp3) is 0.176. The van der Waals surface area contributed by atoms with E-state index in [1.54, 1.807) is 25.7 Å². The second-order valence-electron chi connectivity index (χ2n) is 5.00. The van der Waals surface area contributed by atoms with Gasteiger partial charge < -0.3 is 14.5 Å². The molecule has 2 heterocycles. The first-order valence-electron chi connectivity index (χ1n) is 7.09. The number of fused-ring (bicyclic) bond motifs is 1. The van der Waals surface area contributed by atoms with E-state index >= 15 is 0 Å². The van der Waals surface area contributed by atoms with Crippen LogP contribution in [-0.4, -0.2) is 28.9 Å². The topological polar surface area (TPSA) is 55.6 Å². The molecule has 5 heteroatoms. The Bertz CT molecular complexity index is 795. The first kappa shape index (κ1) is 14.1. The van der Waals surface area contributed by atoms with Crippen LogP contribution in [-0.2, 0) is 6.42 Å². The second-order valence-corrected chi connectivity index (χ2v) is 5.00. The normalized spacial score (nSPS) is 10.6. The predicted molar refractivity (Wildman–Crippen MR) is 84.2 cm³/mol. The van der Waals surface area contributed by atoms with Crippen LogP contribution in [0, 0.1) is 0 Å². The molecule has 1 amide bonds. The zero-order valence-electron chi connectivity index (χ0n) is 12.3. The van der Waals surface area contributed by atoms with Crippen molar-refractivity contribution in [2.24, 2.45) is 0 Å².